The predicted octanol–water partition coefficient (Wildman–Crippen LogP) is 4.71. The van der Waals surface area contributed by atoms with Crippen LogP contribution in [0.15, 0.2) is 66.7 Å². The van der Waals surface area contributed by atoms with Gasteiger partial charge in [0.15, 0.2) is 0 Å². The van der Waals surface area contributed by atoms with Crippen molar-refractivity contribution in [1.82, 2.24) is 0 Å². The summed E-state index contributed by atoms with van der Waals surface area (Å²) < 4.78 is 9.82. The Labute approximate surface area is 174 Å². The van der Waals surface area contributed by atoms with Gasteiger partial charge in [-0.25, -0.2) is 4.79 Å². The molecule has 0 saturated heterocycles. The van der Waals surface area contributed by atoms with Crippen molar-refractivity contribution in [1.29, 1.82) is 0 Å². The fraction of sp³-hybridized carbons (Fsp3) is 0.167. The molecule has 2 amide bonds. The van der Waals surface area contributed by atoms with Gasteiger partial charge in [0.25, 0.3) is 5.91 Å². The Balaban J connectivity index is 1.42. The van der Waals surface area contributed by atoms with Crippen LogP contribution in [0, 0.1) is 0 Å². The van der Waals surface area contributed by atoms with Gasteiger partial charge < -0.3 is 14.8 Å². The first-order valence-corrected chi connectivity index (χ1v) is 9.69. The van der Waals surface area contributed by atoms with Crippen LogP contribution in [0.5, 0.6) is 0 Å². The van der Waals surface area contributed by atoms with E-state index in [2.05, 4.69) is 22.8 Å². The number of carbonyl (C=O) groups excluding carboxylic acids is 2. The molecule has 0 spiro atoms. The summed E-state index contributed by atoms with van der Waals surface area (Å²) in [6.45, 7) is 0.496. The second kappa shape index (κ2) is 8.80. The van der Waals surface area contributed by atoms with Crippen molar-refractivity contribution in [3.05, 3.63) is 83.4 Å². The van der Waals surface area contributed by atoms with Crippen molar-refractivity contribution in [3.63, 3.8) is 0 Å². The first kappa shape index (κ1) is 19.7. The minimum atomic E-state index is -0.575. The van der Waals surface area contributed by atoms with Gasteiger partial charge in [0.2, 0.25) is 0 Å². The Morgan fingerprint density at radius 3 is 2.43 bits per heavy atom. The van der Waals surface area contributed by atoms with Crippen LogP contribution in [0.2, 0.25) is 0 Å². The lowest BCUT2D eigenvalue weighted by Crippen LogP contribution is -2.17. The summed E-state index contributed by atoms with van der Waals surface area (Å²) >= 11 is 0. The number of fused-ring (bicyclic) bond motifs is 3. The van der Waals surface area contributed by atoms with Crippen molar-refractivity contribution >= 4 is 23.4 Å². The number of amides is 2. The fourth-order valence-electron chi connectivity index (χ4n) is 3.54. The van der Waals surface area contributed by atoms with Crippen LogP contribution >= 0.6 is 0 Å². The van der Waals surface area contributed by atoms with Gasteiger partial charge in [-0.05, 0) is 59.0 Å². The summed E-state index contributed by atoms with van der Waals surface area (Å²) in [5.41, 5.74) is 6.55. The topological polar surface area (TPSA) is 76.7 Å². The molecule has 6 heteroatoms. The molecule has 0 bridgehead atoms. The van der Waals surface area contributed by atoms with E-state index < -0.39 is 6.09 Å². The SMILES string of the molecule is COCCOC(=O)Nc1cccc(NC(=O)c2ccc3c(c2)Cc2ccccc2-3)c1. The molecule has 4 rings (SSSR count). The number of carbonyl (C=O) groups is 2. The molecule has 2 N–H and O–H groups in total. The molecular formula is C24H22N2O4. The van der Waals surface area contributed by atoms with E-state index in [0.29, 0.717) is 23.5 Å². The average molecular weight is 402 g/mol. The number of nitrogens with one attached hydrogen (secondary N) is 2. The van der Waals surface area contributed by atoms with Gasteiger partial charge in [-0.3, -0.25) is 10.1 Å². The Hall–Kier alpha value is -3.64. The van der Waals surface area contributed by atoms with Crippen molar-refractivity contribution in [2.45, 2.75) is 6.42 Å². The maximum absolute atomic E-state index is 12.8. The minimum Gasteiger partial charge on any atom is -0.447 e. The lowest BCUT2D eigenvalue weighted by atomic mass is 10.0. The number of anilines is 2. The summed E-state index contributed by atoms with van der Waals surface area (Å²) in [5.74, 6) is -0.200. The molecule has 1 aliphatic carbocycles. The number of methoxy groups -OCH3 is 1. The van der Waals surface area contributed by atoms with Gasteiger partial charge in [-0.2, -0.15) is 0 Å². The third-order valence-electron chi connectivity index (χ3n) is 4.94. The van der Waals surface area contributed by atoms with Crippen molar-refractivity contribution in [2.75, 3.05) is 31.0 Å². The third kappa shape index (κ3) is 4.34. The molecule has 0 radical (unpaired) electrons. The number of hydrogen-bond donors (Lipinski definition) is 2. The van der Waals surface area contributed by atoms with Gasteiger partial charge >= 0.3 is 6.09 Å². The number of benzene rings is 3. The summed E-state index contributed by atoms with van der Waals surface area (Å²) in [5, 5.41) is 5.52. The Morgan fingerprint density at radius 1 is 0.833 bits per heavy atom. The summed E-state index contributed by atoms with van der Waals surface area (Å²) in [7, 11) is 1.53. The van der Waals surface area contributed by atoms with E-state index in [4.69, 9.17) is 9.47 Å². The third-order valence-corrected chi connectivity index (χ3v) is 4.94. The number of rotatable bonds is 6. The highest BCUT2D eigenvalue weighted by molar-refractivity contribution is 6.05. The molecule has 3 aromatic rings. The van der Waals surface area contributed by atoms with Crippen LogP contribution in [0.25, 0.3) is 11.1 Å². The van der Waals surface area contributed by atoms with E-state index in [1.54, 1.807) is 24.3 Å². The van der Waals surface area contributed by atoms with Crippen LogP contribution < -0.4 is 10.6 Å². The van der Waals surface area contributed by atoms with Gasteiger partial charge in [-0.1, -0.05) is 36.4 Å². The first-order valence-electron chi connectivity index (χ1n) is 9.69. The van der Waals surface area contributed by atoms with Crippen molar-refractivity contribution < 1.29 is 19.1 Å². The minimum absolute atomic E-state index is 0.168. The van der Waals surface area contributed by atoms with E-state index in [1.807, 2.05) is 30.3 Å². The van der Waals surface area contributed by atoms with Gasteiger partial charge in [0, 0.05) is 24.0 Å². The number of ether oxygens (including phenoxy) is 2. The molecule has 0 fully saturated rings. The summed E-state index contributed by atoms with van der Waals surface area (Å²) in [6, 6.07) is 21.0. The Kier molecular flexibility index (Phi) is 5.77. The molecular weight excluding hydrogens is 380 g/mol. The zero-order chi connectivity index (χ0) is 20.9. The molecule has 0 aliphatic heterocycles. The van der Waals surface area contributed by atoms with Crippen LogP contribution in [0.1, 0.15) is 21.5 Å². The summed E-state index contributed by atoms with van der Waals surface area (Å²) in [6.07, 6.45) is 0.255. The molecule has 0 saturated carbocycles. The lowest BCUT2D eigenvalue weighted by Gasteiger charge is -2.10. The second-order valence-electron chi connectivity index (χ2n) is 6.99. The standard InChI is InChI=1S/C24H22N2O4/c1-29-11-12-30-24(28)26-20-7-4-6-19(15-20)25-23(27)17-9-10-22-18(14-17)13-16-5-2-3-8-21(16)22/h2-10,14-15H,11-13H2,1H3,(H,25,27)(H,26,28). The van der Waals surface area contributed by atoms with E-state index in [9.17, 15) is 9.59 Å². The molecule has 1 aliphatic rings. The highest BCUT2D eigenvalue weighted by Gasteiger charge is 2.19. The van der Waals surface area contributed by atoms with E-state index in [1.165, 1.54) is 23.8 Å². The maximum atomic E-state index is 12.8. The molecule has 3 aromatic carbocycles. The highest BCUT2D eigenvalue weighted by atomic mass is 16.6. The van der Waals surface area contributed by atoms with Crippen LogP contribution in [-0.4, -0.2) is 32.3 Å². The Bertz CT molecular complexity index is 1090. The normalized spacial score (nSPS) is 11.4. The first-order chi connectivity index (χ1) is 14.6. The van der Waals surface area contributed by atoms with Gasteiger partial charge in [0.05, 0.1) is 6.61 Å². The molecule has 30 heavy (non-hydrogen) atoms. The smallest absolute Gasteiger partial charge is 0.411 e. The quantitative estimate of drug-likeness (QED) is 0.458. The van der Waals surface area contributed by atoms with Crippen LogP contribution in [0.4, 0.5) is 16.2 Å². The van der Waals surface area contributed by atoms with Crippen molar-refractivity contribution in [3.8, 4) is 11.1 Å². The molecule has 0 atom stereocenters. The molecule has 0 aromatic heterocycles. The van der Waals surface area contributed by atoms with Crippen molar-refractivity contribution in [2.24, 2.45) is 0 Å². The van der Waals surface area contributed by atoms with Gasteiger partial charge in [-0.15, -0.1) is 0 Å². The average Bonchev–Trinajstić information content (AvgIpc) is 3.12. The van der Waals surface area contributed by atoms with Gasteiger partial charge in [0.1, 0.15) is 6.61 Å². The second-order valence-corrected chi connectivity index (χ2v) is 6.99. The van der Waals surface area contributed by atoms with E-state index >= 15 is 0 Å². The maximum Gasteiger partial charge on any atom is 0.411 e. The molecule has 0 unspecified atom stereocenters. The van der Waals surface area contributed by atoms with Crippen LogP contribution in [-0.2, 0) is 15.9 Å². The molecule has 6 nitrogen and oxygen atoms in total. The molecule has 0 heterocycles. The molecule has 152 valence electrons. The van der Waals surface area contributed by atoms with Crippen LogP contribution in [0.3, 0.4) is 0 Å². The number of hydrogen-bond acceptors (Lipinski definition) is 4. The fourth-order valence-corrected chi connectivity index (χ4v) is 3.54. The van der Waals surface area contributed by atoms with E-state index in [-0.39, 0.29) is 12.5 Å². The summed E-state index contributed by atoms with van der Waals surface area (Å²) in [4.78, 5) is 24.5. The zero-order valence-corrected chi connectivity index (χ0v) is 16.6. The monoisotopic (exact) mass is 402 g/mol. The zero-order valence-electron chi connectivity index (χ0n) is 16.6. The Morgan fingerprint density at radius 2 is 1.60 bits per heavy atom. The largest absolute Gasteiger partial charge is 0.447 e. The van der Waals surface area contributed by atoms with E-state index in [0.717, 1.165) is 12.0 Å². The highest BCUT2D eigenvalue weighted by Crippen LogP contribution is 2.36. The lowest BCUT2D eigenvalue weighted by molar-refractivity contribution is 0.102. The predicted molar refractivity (Wildman–Crippen MR) is 116 cm³/mol.